The van der Waals surface area contributed by atoms with E-state index in [9.17, 15) is 23.5 Å². The van der Waals surface area contributed by atoms with Gasteiger partial charge in [0.05, 0.1) is 0 Å². The molecule has 0 radical (unpaired) electrons. The highest BCUT2D eigenvalue weighted by Crippen LogP contribution is 2.19. The number of likely N-dealkylation sites (N-methyl/N-ethyl adjacent to an activating group) is 1. The first-order valence-corrected chi connectivity index (χ1v) is 6.77. The van der Waals surface area contributed by atoms with Gasteiger partial charge in [-0.25, -0.2) is 18.4 Å². The Morgan fingerprint density at radius 2 is 1.91 bits per heavy atom. The number of carboxylic acid groups (broad SMARTS) is 1. The number of carboxylic acids is 1. The zero-order chi connectivity index (χ0) is 17.8. The van der Waals surface area contributed by atoms with Crippen molar-refractivity contribution < 1.29 is 33.0 Å². The van der Waals surface area contributed by atoms with Crippen LogP contribution in [0.1, 0.15) is 20.8 Å². The van der Waals surface area contributed by atoms with Crippen LogP contribution in [0.2, 0.25) is 0 Å². The molecule has 6 nitrogen and oxygen atoms in total. The molecule has 0 bridgehead atoms. The molecule has 8 heteroatoms. The summed E-state index contributed by atoms with van der Waals surface area (Å²) in [4.78, 5) is 24.0. The van der Waals surface area contributed by atoms with Crippen LogP contribution in [0, 0.1) is 11.6 Å². The van der Waals surface area contributed by atoms with Crippen LogP contribution in [0.5, 0.6) is 5.75 Å². The summed E-state index contributed by atoms with van der Waals surface area (Å²) in [6, 6.07) is 1.14. The van der Waals surface area contributed by atoms with E-state index in [0.29, 0.717) is 0 Å². The lowest BCUT2D eigenvalue weighted by Crippen LogP contribution is -2.47. The number of ether oxygens (including phenoxy) is 2. The average molecular weight is 331 g/mol. The predicted molar refractivity (Wildman–Crippen MR) is 77.3 cm³/mol. The van der Waals surface area contributed by atoms with Crippen LogP contribution in [0.15, 0.2) is 18.2 Å². The number of benzene rings is 1. The molecule has 1 aromatic carbocycles. The molecule has 1 atom stereocenters. The molecule has 1 rings (SSSR count). The fourth-order valence-electron chi connectivity index (χ4n) is 1.57. The zero-order valence-electron chi connectivity index (χ0n) is 13.3. The van der Waals surface area contributed by atoms with E-state index in [1.54, 1.807) is 20.8 Å². The Morgan fingerprint density at radius 3 is 2.43 bits per heavy atom. The van der Waals surface area contributed by atoms with Crippen molar-refractivity contribution in [3.63, 3.8) is 0 Å². The third-order valence-electron chi connectivity index (χ3n) is 2.72. The molecule has 1 N–H and O–H groups in total. The number of carbonyl (C=O) groups is 2. The van der Waals surface area contributed by atoms with Crippen LogP contribution in [0.3, 0.4) is 0 Å². The predicted octanol–water partition coefficient (Wildman–Crippen LogP) is 2.66. The van der Waals surface area contributed by atoms with Crippen molar-refractivity contribution in [3.05, 3.63) is 29.8 Å². The van der Waals surface area contributed by atoms with E-state index in [4.69, 9.17) is 9.47 Å². The van der Waals surface area contributed by atoms with Gasteiger partial charge in [-0.15, -0.1) is 0 Å². The molecular formula is C15H19F2NO5. The Labute approximate surface area is 132 Å². The third kappa shape index (κ3) is 5.72. The van der Waals surface area contributed by atoms with Gasteiger partial charge in [0.25, 0.3) is 0 Å². The van der Waals surface area contributed by atoms with Gasteiger partial charge in [0, 0.05) is 13.1 Å². The highest BCUT2D eigenvalue weighted by molar-refractivity contribution is 5.80. The van der Waals surface area contributed by atoms with Crippen molar-refractivity contribution >= 4 is 12.1 Å². The highest BCUT2D eigenvalue weighted by Gasteiger charge is 2.31. The van der Waals surface area contributed by atoms with Crippen LogP contribution < -0.4 is 4.74 Å². The summed E-state index contributed by atoms with van der Waals surface area (Å²) in [5, 5.41) is 9.20. The molecule has 0 aliphatic carbocycles. The number of carbonyl (C=O) groups excluding carboxylic acids is 1. The number of halogens is 2. The second kappa shape index (κ2) is 7.26. The summed E-state index contributed by atoms with van der Waals surface area (Å²) in [6.45, 7) is 4.33. The van der Waals surface area contributed by atoms with Crippen LogP contribution in [0.4, 0.5) is 13.6 Å². The maximum Gasteiger partial charge on any atom is 0.410 e. The van der Waals surface area contributed by atoms with E-state index < -0.39 is 47.7 Å². The second-order valence-corrected chi connectivity index (χ2v) is 5.83. The Hall–Kier alpha value is -2.38. The van der Waals surface area contributed by atoms with Crippen molar-refractivity contribution in [2.45, 2.75) is 32.4 Å². The molecule has 0 spiro atoms. The lowest BCUT2D eigenvalue weighted by atomic mass is 10.2. The molecule has 0 aliphatic rings. The molecule has 1 aromatic rings. The summed E-state index contributed by atoms with van der Waals surface area (Å²) in [7, 11) is 1.22. The van der Waals surface area contributed by atoms with E-state index in [1.807, 2.05) is 0 Å². The van der Waals surface area contributed by atoms with Crippen LogP contribution >= 0.6 is 0 Å². The minimum absolute atomic E-state index is 0.436. The Balaban J connectivity index is 2.81. The summed E-state index contributed by atoms with van der Waals surface area (Å²) in [5.41, 5.74) is -0.802. The molecule has 0 saturated heterocycles. The number of hydrogen-bond acceptors (Lipinski definition) is 4. The zero-order valence-corrected chi connectivity index (χ0v) is 13.3. The van der Waals surface area contributed by atoms with Gasteiger partial charge in [0.1, 0.15) is 18.0 Å². The lowest BCUT2D eigenvalue weighted by Gasteiger charge is -2.28. The summed E-state index contributed by atoms with van der Waals surface area (Å²) in [6.07, 6.45) is -0.867. The second-order valence-electron chi connectivity index (χ2n) is 5.83. The first kappa shape index (κ1) is 18.7. The van der Waals surface area contributed by atoms with Gasteiger partial charge in [-0.2, -0.15) is 0 Å². The van der Waals surface area contributed by atoms with E-state index >= 15 is 0 Å². The van der Waals surface area contributed by atoms with Gasteiger partial charge < -0.3 is 14.6 Å². The van der Waals surface area contributed by atoms with Gasteiger partial charge in [0.2, 0.25) is 0 Å². The SMILES string of the molecule is CN(C(=O)OC(C)(C)C)[C@@H](COc1cc(F)ccc1F)C(=O)O. The van der Waals surface area contributed by atoms with E-state index in [2.05, 4.69) is 0 Å². The van der Waals surface area contributed by atoms with Gasteiger partial charge in [-0.1, -0.05) is 0 Å². The first-order valence-electron chi connectivity index (χ1n) is 6.77. The molecule has 23 heavy (non-hydrogen) atoms. The number of nitrogens with zero attached hydrogens (tertiary/aromatic N) is 1. The van der Waals surface area contributed by atoms with Crippen LogP contribution in [-0.4, -0.2) is 47.4 Å². The molecule has 0 aliphatic heterocycles. The lowest BCUT2D eigenvalue weighted by molar-refractivity contribution is -0.143. The Morgan fingerprint density at radius 1 is 1.30 bits per heavy atom. The topological polar surface area (TPSA) is 76.1 Å². The number of amides is 1. The molecule has 0 unspecified atom stereocenters. The monoisotopic (exact) mass is 331 g/mol. The quantitative estimate of drug-likeness (QED) is 0.898. The fourth-order valence-corrected chi connectivity index (χ4v) is 1.57. The number of rotatable bonds is 5. The normalized spacial score (nSPS) is 12.4. The Bertz CT molecular complexity index is 586. The van der Waals surface area contributed by atoms with Gasteiger partial charge >= 0.3 is 12.1 Å². The van der Waals surface area contributed by atoms with Crippen molar-refractivity contribution in [3.8, 4) is 5.75 Å². The van der Waals surface area contributed by atoms with Gasteiger partial charge in [-0.3, -0.25) is 4.90 Å². The smallest absolute Gasteiger partial charge is 0.410 e. The Kier molecular flexibility index (Phi) is 5.89. The van der Waals surface area contributed by atoms with Crippen molar-refractivity contribution in [1.29, 1.82) is 0 Å². The molecule has 0 saturated carbocycles. The van der Waals surface area contributed by atoms with Crippen LogP contribution in [0.25, 0.3) is 0 Å². The largest absolute Gasteiger partial charge is 0.488 e. The van der Waals surface area contributed by atoms with E-state index in [-0.39, 0.29) is 0 Å². The summed E-state index contributed by atoms with van der Waals surface area (Å²) < 4.78 is 36.6. The molecule has 0 fully saturated rings. The van der Waals surface area contributed by atoms with Crippen molar-refractivity contribution in [2.24, 2.45) is 0 Å². The maximum atomic E-state index is 13.5. The highest BCUT2D eigenvalue weighted by atomic mass is 19.1. The third-order valence-corrected chi connectivity index (χ3v) is 2.72. The number of aliphatic carboxylic acids is 1. The molecule has 0 heterocycles. The van der Waals surface area contributed by atoms with Crippen LogP contribution in [-0.2, 0) is 9.53 Å². The first-order chi connectivity index (χ1) is 10.5. The molecule has 0 aromatic heterocycles. The minimum atomic E-state index is -1.42. The molecule has 128 valence electrons. The van der Waals surface area contributed by atoms with E-state index in [0.717, 1.165) is 23.1 Å². The van der Waals surface area contributed by atoms with Crippen molar-refractivity contribution in [2.75, 3.05) is 13.7 Å². The summed E-state index contributed by atoms with van der Waals surface area (Å²) >= 11 is 0. The fraction of sp³-hybridized carbons (Fsp3) is 0.467. The van der Waals surface area contributed by atoms with Gasteiger partial charge in [-0.05, 0) is 32.9 Å². The van der Waals surface area contributed by atoms with Crippen molar-refractivity contribution in [1.82, 2.24) is 4.90 Å². The summed E-state index contributed by atoms with van der Waals surface area (Å²) in [5.74, 6) is -3.37. The minimum Gasteiger partial charge on any atom is -0.488 e. The van der Waals surface area contributed by atoms with Gasteiger partial charge in [0.15, 0.2) is 17.6 Å². The average Bonchev–Trinajstić information content (AvgIpc) is 2.40. The molecule has 1 amide bonds. The van der Waals surface area contributed by atoms with E-state index in [1.165, 1.54) is 7.05 Å². The standard InChI is InChI=1S/C15H19F2NO5/c1-15(2,3)23-14(21)18(4)11(13(19)20)8-22-12-7-9(16)5-6-10(12)17/h5-7,11H,8H2,1-4H3,(H,19,20)/t11-/m0/s1. The number of hydrogen-bond donors (Lipinski definition) is 1. The maximum absolute atomic E-state index is 13.5. The molecular weight excluding hydrogens is 312 g/mol.